The highest BCUT2D eigenvalue weighted by Gasteiger charge is 2.31. The van der Waals surface area contributed by atoms with E-state index in [-0.39, 0.29) is 29.0 Å². The number of phenols is 1. The number of benzene rings is 2. The monoisotopic (exact) mass is 594 g/mol. The predicted octanol–water partition coefficient (Wildman–Crippen LogP) is 1.06. The number of aromatic hydroxyl groups is 1. The van der Waals surface area contributed by atoms with Crippen LogP contribution in [0.4, 0.5) is 5.69 Å². The van der Waals surface area contributed by atoms with Gasteiger partial charge in [0, 0.05) is 96.2 Å². The van der Waals surface area contributed by atoms with E-state index in [1.807, 2.05) is 25.1 Å². The van der Waals surface area contributed by atoms with E-state index >= 15 is 0 Å². The number of phenolic OH excluding ortho intramolecular Hbond substituents is 1. The van der Waals surface area contributed by atoms with Crippen molar-refractivity contribution in [1.29, 1.82) is 0 Å². The lowest BCUT2D eigenvalue weighted by Gasteiger charge is -2.38. The third kappa shape index (κ3) is 10.8. The summed E-state index contributed by atoms with van der Waals surface area (Å²) >= 11 is 0. The van der Waals surface area contributed by atoms with Gasteiger partial charge in [-0.15, -0.1) is 0 Å². The molecule has 0 radical (unpaired) electrons. The largest absolute Gasteiger partial charge is 0.508 e. The summed E-state index contributed by atoms with van der Waals surface area (Å²) in [6.07, 6.45) is 2.65. The molecule has 0 atom stereocenters. The summed E-state index contributed by atoms with van der Waals surface area (Å²) in [6, 6.07) is 13.3. The molecule has 0 unspecified atom stereocenters. The van der Waals surface area contributed by atoms with Gasteiger partial charge in [-0.2, -0.15) is 0 Å². The minimum atomic E-state index is -0.171. The number of carbonyl (C=O) groups is 1. The highest BCUT2D eigenvalue weighted by atomic mass is 16.3. The molecule has 2 aromatic carbocycles. The van der Waals surface area contributed by atoms with Crippen molar-refractivity contribution < 1.29 is 9.90 Å². The fraction of sp³-hybridized carbons (Fsp3) is 0.606. The van der Waals surface area contributed by atoms with Crippen LogP contribution in [0.2, 0.25) is 0 Å². The summed E-state index contributed by atoms with van der Waals surface area (Å²) in [5.41, 5.74) is 3.64. The van der Waals surface area contributed by atoms with Gasteiger partial charge >= 0.3 is 0 Å². The van der Waals surface area contributed by atoms with E-state index in [2.05, 4.69) is 61.6 Å². The zero-order chi connectivity index (χ0) is 30.4. The van der Waals surface area contributed by atoms with Crippen LogP contribution in [0.1, 0.15) is 36.5 Å². The van der Waals surface area contributed by atoms with Crippen LogP contribution >= 0.6 is 0 Å². The van der Waals surface area contributed by atoms with E-state index in [4.69, 9.17) is 0 Å². The molecule has 3 fully saturated rings. The van der Waals surface area contributed by atoms with Crippen LogP contribution in [0.3, 0.4) is 0 Å². The van der Waals surface area contributed by atoms with Crippen molar-refractivity contribution in [2.24, 2.45) is 5.41 Å². The van der Waals surface area contributed by atoms with Crippen LogP contribution in [0.5, 0.6) is 5.75 Å². The van der Waals surface area contributed by atoms with Gasteiger partial charge < -0.3 is 47.6 Å². The molecule has 0 aliphatic carbocycles. The standard InChI is InChI=1S/C33H54N8O2/c1-3-10-32-20-34-11-14-37-23-33(24-38-15-12-35-21-32,25-39-16-13-36-22-32)40-19-27-4-7-29(8-5-27)41-31(43)18-28-6-9-30(42)26(2)17-28/h4-9,17,34-40,42H,3,10-16,18-25H2,1-2H3,(H,41,43). The zero-order valence-electron chi connectivity index (χ0n) is 26.2. The van der Waals surface area contributed by atoms with E-state index in [0.29, 0.717) is 0 Å². The summed E-state index contributed by atoms with van der Waals surface area (Å²) in [5.74, 6) is 0.167. The summed E-state index contributed by atoms with van der Waals surface area (Å²) < 4.78 is 0. The highest BCUT2D eigenvalue weighted by molar-refractivity contribution is 5.92. The first-order valence-corrected chi connectivity index (χ1v) is 16.1. The van der Waals surface area contributed by atoms with E-state index < -0.39 is 0 Å². The van der Waals surface area contributed by atoms with E-state index in [0.717, 1.165) is 107 Å². The summed E-state index contributed by atoms with van der Waals surface area (Å²) in [7, 11) is 0. The van der Waals surface area contributed by atoms with Crippen LogP contribution in [0.15, 0.2) is 42.5 Å². The second-order valence-corrected chi connectivity index (χ2v) is 12.5. The van der Waals surface area contributed by atoms with Gasteiger partial charge in [-0.05, 0) is 48.2 Å². The van der Waals surface area contributed by atoms with Gasteiger partial charge in [0.1, 0.15) is 5.75 Å². The molecular weight excluding hydrogens is 540 g/mol. The number of aryl methyl sites for hydroxylation is 1. The minimum Gasteiger partial charge on any atom is -0.508 e. The van der Waals surface area contributed by atoms with Gasteiger partial charge in [-0.1, -0.05) is 37.6 Å². The molecule has 238 valence electrons. The predicted molar refractivity (Wildman–Crippen MR) is 176 cm³/mol. The Labute approximate surface area is 257 Å². The zero-order valence-corrected chi connectivity index (χ0v) is 26.2. The SMILES string of the molecule is CCCC12CNCCNCC(NCc3ccc(NC(=O)Cc4ccc(O)c(C)c4)cc3)(CNCCNC1)CNCCNC2. The van der Waals surface area contributed by atoms with Gasteiger partial charge in [-0.3, -0.25) is 4.79 Å². The number of rotatable bonds is 8. The summed E-state index contributed by atoms with van der Waals surface area (Å²) in [4.78, 5) is 12.6. The lowest BCUT2D eigenvalue weighted by molar-refractivity contribution is -0.115. The van der Waals surface area contributed by atoms with Gasteiger partial charge in [0.25, 0.3) is 0 Å². The van der Waals surface area contributed by atoms with Crippen LogP contribution in [0.25, 0.3) is 0 Å². The Bertz CT molecular complexity index is 1080. The first-order valence-electron chi connectivity index (χ1n) is 16.1. The van der Waals surface area contributed by atoms with Gasteiger partial charge in [0.05, 0.1) is 12.0 Å². The Balaban J connectivity index is 1.36. The number of nitrogens with one attached hydrogen (secondary N) is 8. The second-order valence-electron chi connectivity index (χ2n) is 12.5. The molecule has 3 aliphatic heterocycles. The Morgan fingerprint density at radius 2 is 1.28 bits per heavy atom. The Morgan fingerprint density at radius 3 is 1.79 bits per heavy atom. The quantitative estimate of drug-likeness (QED) is 0.220. The Kier molecular flexibility index (Phi) is 13.2. The van der Waals surface area contributed by atoms with E-state index in [9.17, 15) is 9.90 Å². The molecule has 10 heteroatoms. The van der Waals surface area contributed by atoms with Crippen LogP contribution < -0.4 is 42.5 Å². The molecule has 3 saturated heterocycles. The Hall–Kier alpha value is -2.57. The minimum absolute atomic E-state index is 0.0768. The first kappa shape index (κ1) is 33.3. The lowest BCUT2D eigenvalue weighted by atomic mass is 9.82. The van der Waals surface area contributed by atoms with Crippen molar-refractivity contribution in [1.82, 2.24) is 37.2 Å². The van der Waals surface area contributed by atoms with Crippen LogP contribution in [-0.4, -0.2) is 95.1 Å². The third-order valence-electron chi connectivity index (χ3n) is 8.64. The molecule has 0 aromatic heterocycles. The maximum absolute atomic E-state index is 12.6. The fourth-order valence-corrected chi connectivity index (χ4v) is 6.15. The number of amides is 1. The smallest absolute Gasteiger partial charge is 0.228 e. The number of hydrogen-bond donors (Lipinski definition) is 9. The summed E-state index contributed by atoms with van der Waals surface area (Å²) in [5, 5.41) is 39.1. The summed E-state index contributed by atoms with van der Waals surface area (Å²) in [6.45, 7) is 16.0. The Morgan fingerprint density at radius 1 is 0.767 bits per heavy atom. The molecular formula is C33H54N8O2. The normalized spacial score (nSPS) is 24.6. The van der Waals surface area contributed by atoms with Gasteiger partial charge in [-0.25, -0.2) is 0 Å². The maximum Gasteiger partial charge on any atom is 0.228 e. The molecule has 0 spiro atoms. The van der Waals surface area contributed by atoms with E-state index in [1.54, 1.807) is 12.1 Å². The van der Waals surface area contributed by atoms with Crippen LogP contribution in [-0.2, 0) is 17.8 Å². The molecule has 2 aromatic rings. The van der Waals surface area contributed by atoms with Crippen LogP contribution in [0, 0.1) is 12.3 Å². The average Bonchev–Trinajstić information content (AvgIpc) is 2.99. The van der Waals surface area contributed by atoms with Crippen molar-refractivity contribution in [2.45, 2.75) is 45.2 Å². The molecule has 3 heterocycles. The number of carbonyl (C=O) groups excluding carboxylic acids is 1. The second kappa shape index (κ2) is 17.1. The van der Waals surface area contributed by atoms with Gasteiger partial charge in [0.15, 0.2) is 0 Å². The van der Waals surface area contributed by atoms with Crippen molar-refractivity contribution >= 4 is 11.6 Å². The number of fused-ring (bicyclic) bond motifs is 15. The van der Waals surface area contributed by atoms with Crippen molar-refractivity contribution in [2.75, 3.05) is 83.9 Å². The lowest BCUT2D eigenvalue weighted by Crippen LogP contribution is -2.64. The van der Waals surface area contributed by atoms with Gasteiger partial charge in [0.2, 0.25) is 5.91 Å². The maximum atomic E-state index is 12.6. The molecule has 9 N–H and O–H groups in total. The molecule has 10 nitrogen and oxygen atoms in total. The number of anilines is 1. The van der Waals surface area contributed by atoms with Crippen molar-refractivity contribution in [3.63, 3.8) is 0 Å². The first-order chi connectivity index (χ1) is 20.9. The molecule has 0 saturated carbocycles. The third-order valence-corrected chi connectivity index (χ3v) is 8.64. The molecule has 2 bridgehead atoms. The molecule has 43 heavy (non-hydrogen) atoms. The molecule has 1 amide bonds. The fourth-order valence-electron chi connectivity index (χ4n) is 6.15. The topological polar surface area (TPSA) is 134 Å². The van der Waals surface area contributed by atoms with Crippen molar-refractivity contribution in [3.05, 3.63) is 59.2 Å². The highest BCUT2D eigenvalue weighted by Crippen LogP contribution is 2.22. The molecule has 3 aliphatic rings. The van der Waals surface area contributed by atoms with E-state index in [1.165, 1.54) is 12.8 Å². The molecule has 5 rings (SSSR count). The van der Waals surface area contributed by atoms with Crippen molar-refractivity contribution in [3.8, 4) is 5.75 Å². The average molecular weight is 595 g/mol. The number of hydrogen-bond acceptors (Lipinski definition) is 9.